The van der Waals surface area contributed by atoms with Gasteiger partial charge in [0.15, 0.2) is 0 Å². The van der Waals surface area contributed by atoms with Crippen molar-refractivity contribution >= 4 is 23.2 Å². The Morgan fingerprint density at radius 2 is 1.74 bits per heavy atom. The average Bonchev–Trinajstić information content (AvgIpc) is 2.39. The zero-order valence-electron chi connectivity index (χ0n) is 10.5. The van der Waals surface area contributed by atoms with E-state index in [4.69, 9.17) is 34.7 Å². The van der Waals surface area contributed by atoms with Crippen LogP contribution in [0.25, 0.3) is 0 Å². The van der Waals surface area contributed by atoms with Crippen molar-refractivity contribution in [1.29, 1.82) is 0 Å². The molecule has 100 valence electrons. The fourth-order valence-electron chi connectivity index (χ4n) is 1.89. The number of rotatable bonds is 3. The molecule has 0 saturated carbocycles. The molecule has 2 rings (SSSR count). The lowest BCUT2D eigenvalue weighted by Gasteiger charge is -2.32. The Morgan fingerprint density at radius 3 is 2.26 bits per heavy atom. The number of halogens is 2. The van der Waals surface area contributed by atoms with Gasteiger partial charge in [0.25, 0.3) is 0 Å². The van der Waals surface area contributed by atoms with Gasteiger partial charge < -0.3 is 11.5 Å². The molecule has 1 unspecified atom stereocenters. The predicted molar refractivity (Wildman–Crippen MR) is 79.2 cm³/mol. The van der Waals surface area contributed by atoms with Gasteiger partial charge in [-0.25, -0.2) is 4.98 Å². The standard InChI is InChI=1S/C14H15Cl2N3/c1-14(18,10-4-7-12(16)19-8-10)13(17)9-2-5-11(15)6-3-9/h2-8,13H,17-18H2,1H3/t13?,14-/m0/s1. The third-order valence-electron chi connectivity index (χ3n) is 3.22. The SMILES string of the molecule is C[C@](N)(c1ccc(Cl)nc1)C(N)c1ccc(Cl)cc1. The maximum Gasteiger partial charge on any atom is 0.129 e. The van der Waals surface area contributed by atoms with Gasteiger partial charge in [-0.05, 0) is 36.2 Å². The fourth-order valence-corrected chi connectivity index (χ4v) is 2.13. The van der Waals surface area contributed by atoms with Gasteiger partial charge in [-0.15, -0.1) is 0 Å². The van der Waals surface area contributed by atoms with Gasteiger partial charge >= 0.3 is 0 Å². The van der Waals surface area contributed by atoms with Crippen LogP contribution in [0.5, 0.6) is 0 Å². The first-order chi connectivity index (χ1) is 8.91. The van der Waals surface area contributed by atoms with Crippen molar-refractivity contribution in [2.75, 3.05) is 0 Å². The van der Waals surface area contributed by atoms with E-state index in [0.717, 1.165) is 11.1 Å². The molecule has 0 amide bonds. The Morgan fingerprint density at radius 1 is 1.11 bits per heavy atom. The molecular formula is C14H15Cl2N3. The van der Waals surface area contributed by atoms with Crippen LogP contribution in [0.4, 0.5) is 0 Å². The molecule has 1 aromatic heterocycles. The van der Waals surface area contributed by atoms with Gasteiger partial charge in [0.1, 0.15) is 5.15 Å². The largest absolute Gasteiger partial charge is 0.322 e. The molecule has 0 aliphatic carbocycles. The lowest BCUT2D eigenvalue weighted by Crippen LogP contribution is -2.44. The molecule has 4 N–H and O–H groups in total. The molecule has 0 radical (unpaired) electrons. The van der Waals surface area contributed by atoms with Crippen molar-refractivity contribution in [1.82, 2.24) is 4.98 Å². The summed E-state index contributed by atoms with van der Waals surface area (Å²) < 4.78 is 0. The smallest absolute Gasteiger partial charge is 0.129 e. The second-order valence-corrected chi connectivity index (χ2v) is 5.51. The minimum Gasteiger partial charge on any atom is -0.322 e. The Balaban J connectivity index is 2.32. The maximum atomic E-state index is 6.36. The van der Waals surface area contributed by atoms with Gasteiger partial charge in [0, 0.05) is 11.2 Å². The van der Waals surface area contributed by atoms with Crippen molar-refractivity contribution in [3.63, 3.8) is 0 Å². The number of aromatic nitrogens is 1. The molecule has 0 saturated heterocycles. The van der Waals surface area contributed by atoms with E-state index < -0.39 is 5.54 Å². The van der Waals surface area contributed by atoms with Crippen LogP contribution < -0.4 is 11.5 Å². The number of benzene rings is 1. The van der Waals surface area contributed by atoms with Crippen LogP contribution in [0, 0.1) is 0 Å². The number of hydrogen-bond acceptors (Lipinski definition) is 3. The summed E-state index contributed by atoms with van der Waals surface area (Å²) in [7, 11) is 0. The second kappa shape index (κ2) is 5.47. The lowest BCUT2D eigenvalue weighted by atomic mass is 9.83. The van der Waals surface area contributed by atoms with Crippen LogP contribution in [0.3, 0.4) is 0 Å². The number of hydrogen-bond donors (Lipinski definition) is 2. The van der Waals surface area contributed by atoms with Gasteiger partial charge in [-0.2, -0.15) is 0 Å². The molecule has 2 atom stereocenters. The molecule has 0 aliphatic heterocycles. The Hall–Kier alpha value is -1.13. The summed E-state index contributed by atoms with van der Waals surface area (Å²) in [5.74, 6) is 0. The molecule has 2 aromatic rings. The summed E-state index contributed by atoms with van der Waals surface area (Å²) in [4.78, 5) is 4.04. The van der Waals surface area contributed by atoms with Gasteiger partial charge in [0.05, 0.1) is 11.6 Å². The van der Waals surface area contributed by atoms with E-state index in [0.29, 0.717) is 10.2 Å². The van der Waals surface area contributed by atoms with Crippen LogP contribution in [0.15, 0.2) is 42.6 Å². The molecule has 0 spiro atoms. The maximum absolute atomic E-state index is 6.36. The van der Waals surface area contributed by atoms with Crippen LogP contribution in [0.1, 0.15) is 24.1 Å². The highest BCUT2D eigenvalue weighted by molar-refractivity contribution is 6.30. The van der Waals surface area contributed by atoms with E-state index in [1.54, 1.807) is 24.4 Å². The van der Waals surface area contributed by atoms with Crippen molar-refractivity contribution in [3.05, 3.63) is 63.9 Å². The minimum atomic E-state index is -0.745. The predicted octanol–water partition coefficient (Wildman–Crippen LogP) is 3.26. The second-order valence-electron chi connectivity index (χ2n) is 4.68. The summed E-state index contributed by atoms with van der Waals surface area (Å²) in [6.07, 6.45) is 1.65. The summed E-state index contributed by atoms with van der Waals surface area (Å²) in [5.41, 5.74) is 13.6. The minimum absolute atomic E-state index is 0.368. The number of nitrogens with two attached hydrogens (primary N) is 2. The van der Waals surface area contributed by atoms with Gasteiger partial charge in [-0.1, -0.05) is 41.4 Å². The average molecular weight is 296 g/mol. The van der Waals surface area contributed by atoms with Crippen molar-refractivity contribution in [2.24, 2.45) is 11.5 Å². The molecule has 0 aliphatic rings. The molecule has 0 bridgehead atoms. The van der Waals surface area contributed by atoms with E-state index in [9.17, 15) is 0 Å². The Bertz CT molecular complexity index is 550. The zero-order valence-corrected chi connectivity index (χ0v) is 12.0. The monoisotopic (exact) mass is 295 g/mol. The van der Waals surface area contributed by atoms with Crippen LogP contribution in [-0.2, 0) is 5.54 Å². The van der Waals surface area contributed by atoms with Crippen molar-refractivity contribution in [2.45, 2.75) is 18.5 Å². The summed E-state index contributed by atoms with van der Waals surface area (Å²) >= 11 is 11.6. The summed E-state index contributed by atoms with van der Waals surface area (Å²) in [6, 6.07) is 10.5. The first kappa shape index (κ1) is 14.3. The van der Waals surface area contributed by atoms with Crippen LogP contribution >= 0.6 is 23.2 Å². The molecule has 19 heavy (non-hydrogen) atoms. The fraction of sp³-hybridized carbons (Fsp3) is 0.214. The molecule has 1 heterocycles. The van der Waals surface area contributed by atoms with Crippen molar-refractivity contribution in [3.8, 4) is 0 Å². The molecular weight excluding hydrogens is 281 g/mol. The van der Waals surface area contributed by atoms with Gasteiger partial charge in [-0.3, -0.25) is 0 Å². The zero-order chi connectivity index (χ0) is 14.0. The Kier molecular flexibility index (Phi) is 4.11. The Labute approximate surface area is 122 Å². The quantitative estimate of drug-likeness (QED) is 0.854. The number of pyridine rings is 1. The molecule has 5 heteroatoms. The lowest BCUT2D eigenvalue weighted by molar-refractivity contribution is 0.396. The summed E-state index contributed by atoms with van der Waals surface area (Å²) in [6.45, 7) is 1.87. The molecule has 3 nitrogen and oxygen atoms in total. The van der Waals surface area contributed by atoms with E-state index in [1.165, 1.54) is 0 Å². The first-order valence-electron chi connectivity index (χ1n) is 5.83. The first-order valence-corrected chi connectivity index (χ1v) is 6.59. The van der Waals surface area contributed by atoms with Gasteiger partial charge in [0.2, 0.25) is 0 Å². The summed E-state index contributed by atoms with van der Waals surface area (Å²) in [5, 5.41) is 1.10. The molecule has 1 aromatic carbocycles. The highest BCUT2D eigenvalue weighted by atomic mass is 35.5. The number of nitrogens with zero attached hydrogens (tertiary/aromatic N) is 1. The third kappa shape index (κ3) is 3.07. The topological polar surface area (TPSA) is 64.9 Å². The van der Waals surface area contributed by atoms with Crippen molar-refractivity contribution < 1.29 is 0 Å². The van der Waals surface area contributed by atoms with Crippen LogP contribution in [0.2, 0.25) is 10.2 Å². The van der Waals surface area contributed by atoms with Crippen LogP contribution in [-0.4, -0.2) is 4.98 Å². The van der Waals surface area contributed by atoms with E-state index in [-0.39, 0.29) is 6.04 Å². The van der Waals surface area contributed by atoms with E-state index >= 15 is 0 Å². The highest BCUT2D eigenvalue weighted by Crippen LogP contribution is 2.31. The van der Waals surface area contributed by atoms with E-state index in [1.807, 2.05) is 25.1 Å². The third-order valence-corrected chi connectivity index (χ3v) is 3.70. The highest BCUT2D eigenvalue weighted by Gasteiger charge is 2.30. The normalized spacial score (nSPS) is 15.8. The molecule has 0 fully saturated rings. The van der Waals surface area contributed by atoms with E-state index in [2.05, 4.69) is 4.98 Å².